The Balaban J connectivity index is 2.24. The van der Waals surface area contributed by atoms with E-state index < -0.39 is 23.6 Å². The maximum atomic E-state index is 13.2. The van der Waals surface area contributed by atoms with Gasteiger partial charge in [0.15, 0.2) is 0 Å². The third-order valence-electron chi connectivity index (χ3n) is 3.09. The molecular formula is C15H12BrF4N. The maximum Gasteiger partial charge on any atom is 0.416 e. The predicted molar refractivity (Wildman–Crippen MR) is 76.2 cm³/mol. The van der Waals surface area contributed by atoms with Crippen LogP contribution in [0.3, 0.4) is 0 Å². The van der Waals surface area contributed by atoms with Crippen molar-refractivity contribution in [2.75, 3.05) is 0 Å². The number of hydrogen-bond donors (Lipinski definition) is 1. The SMILES string of the molecule is NC(Cc1cc(F)ccc1Br)c1cccc(C(F)(F)F)c1. The Bertz CT molecular complexity index is 640. The zero-order valence-corrected chi connectivity index (χ0v) is 12.4. The molecule has 112 valence electrons. The highest BCUT2D eigenvalue weighted by Gasteiger charge is 2.30. The summed E-state index contributed by atoms with van der Waals surface area (Å²) in [6.07, 6.45) is -4.17. The van der Waals surface area contributed by atoms with Gasteiger partial charge in [-0.2, -0.15) is 13.2 Å². The lowest BCUT2D eigenvalue weighted by atomic mass is 9.98. The number of halogens is 5. The van der Waals surface area contributed by atoms with Crippen LogP contribution >= 0.6 is 15.9 Å². The summed E-state index contributed by atoms with van der Waals surface area (Å²) in [4.78, 5) is 0. The van der Waals surface area contributed by atoms with E-state index in [1.807, 2.05) is 0 Å². The molecule has 0 fully saturated rings. The largest absolute Gasteiger partial charge is 0.416 e. The first-order valence-electron chi connectivity index (χ1n) is 6.14. The van der Waals surface area contributed by atoms with Crippen LogP contribution in [0.2, 0.25) is 0 Å². The first kappa shape index (κ1) is 16.0. The second kappa shape index (κ2) is 6.15. The summed E-state index contributed by atoms with van der Waals surface area (Å²) in [6, 6.07) is 8.38. The Morgan fingerprint density at radius 1 is 1.10 bits per heavy atom. The zero-order valence-electron chi connectivity index (χ0n) is 10.8. The molecule has 6 heteroatoms. The molecule has 0 aliphatic carbocycles. The first-order chi connectivity index (χ1) is 9.77. The van der Waals surface area contributed by atoms with E-state index >= 15 is 0 Å². The summed E-state index contributed by atoms with van der Waals surface area (Å²) >= 11 is 3.28. The summed E-state index contributed by atoms with van der Waals surface area (Å²) in [5.41, 5.74) is 6.18. The summed E-state index contributed by atoms with van der Waals surface area (Å²) in [5.74, 6) is -0.413. The summed E-state index contributed by atoms with van der Waals surface area (Å²) in [7, 11) is 0. The van der Waals surface area contributed by atoms with Crippen molar-refractivity contribution in [1.29, 1.82) is 0 Å². The molecule has 2 aromatic carbocycles. The van der Waals surface area contributed by atoms with Crippen LogP contribution in [0.15, 0.2) is 46.9 Å². The van der Waals surface area contributed by atoms with Crippen LogP contribution in [0, 0.1) is 5.82 Å². The molecule has 1 unspecified atom stereocenters. The van der Waals surface area contributed by atoms with Crippen LogP contribution in [-0.2, 0) is 12.6 Å². The van der Waals surface area contributed by atoms with Gasteiger partial charge in [0.1, 0.15) is 5.82 Å². The van der Waals surface area contributed by atoms with Gasteiger partial charge in [0.05, 0.1) is 5.56 Å². The van der Waals surface area contributed by atoms with Gasteiger partial charge in [-0.15, -0.1) is 0 Å². The van der Waals surface area contributed by atoms with Crippen molar-refractivity contribution in [3.8, 4) is 0 Å². The molecule has 0 heterocycles. The smallest absolute Gasteiger partial charge is 0.324 e. The second-order valence-electron chi connectivity index (χ2n) is 4.67. The van der Waals surface area contributed by atoms with Gasteiger partial charge < -0.3 is 5.73 Å². The minimum Gasteiger partial charge on any atom is -0.324 e. The Morgan fingerprint density at radius 2 is 1.81 bits per heavy atom. The van der Waals surface area contributed by atoms with Crippen molar-refractivity contribution in [2.45, 2.75) is 18.6 Å². The second-order valence-corrected chi connectivity index (χ2v) is 5.52. The van der Waals surface area contributed by atoms with E-state index in [9.17, 15) is 17.6 Å². The summed E-state index contributed by atoms with van der Waals surface area (Å²) in [6.45, 7) is 0. The molecule has 0 aromatic heterocycles. The number of nitrogens with two attached hydrogens (primary N) is 1. The van der Waals surface area contributed by atoms with Gasteiger partial charge in [-0.05, 0) is 47.9 Å². The molecule has 2 N–H and O–H groups in total. The molecule has 0 saturated heterocycles. The van der Waals surface area contributed by atoms with Crippen LogP contribution in [0.1, 0.15) is 22.7 Å². The van der Waals surface area contributed by atoms with Gasteiger partial charge in [0.2, 0.25) is 0 Å². The van der Waals surface area contributed by atoms with E-state index in [2.05, 4.69) is 15.9 Å². The molecule has 0 amide bonds. The van der Waals surface area contributed by atoms with Crippen LogP contribution < -0.4 is 5.73 Å². The lowest BCUT2D eigenvalue weighted by molar-refractivity contribution is -0.137. The van der Waals surface area contributed by atoms with E-state index in [4.69, 9.17) is 5.73 Å². The normalized spacial score (nSPS) is 13.2. The fourth-order valence-corrected chi connectivity index (χ4v) is 2.41. The van der Waals surface area contributed by atoms with Crippen molar-refractivity contribution in [1.82, 2.24) is 0 Å². The van der Waals surface area contributed by atoms with Crippen molar-refractivity contribution < 1.29 is 17.6 Å². The number of hydrogen-bond acceptors (Lipinski definition) is 1. The van der Waals surface area contributed by atoms with E-state index in [1.54, 1.807) is 6.07 Å². The van der Waals surface area contributed by atoms with Crippen molar-refractivity contribution in [3.05, 3.63) is 69.4 Å². The topological polar surface area (TPSA) is 26.0 Å². The molecule has 1 atom stereocenters. The van der Waals surface area contributed by atoms with Crippen LogP contribution in [0.25, 0.3) is 0 Å². The Labute approximate surface area is 127 Å². The van der Waals surface area contributed by atoms with Gasteiger partial charge >= 0.3 is 6.18 Å². The van der Waals surface area contributed by atoms with Gasteiger partial charge in [-0.25, -0.2) is 4.39 Å². The third-order valence-corrected chi connectivity index (χ3v) is 3.86. The van der Waals surface area contributed by atoms with E-state index in [0.29, 0.717) is 15.6 Å². The number of benzene rings is 2. The van der Waals surface area contributed by atoms with Gasteiger partial charge in [0.25, 0.3) is 0 Å². The molecule has 0 aliphatic rings. The fraction of sp³-hybridized carbons (Fsp3) is 0.200. The van der Waals surface area contributed by atoms with E-state index in [1.165, 1.54) is 24.3 Å². The third kappa shape index (κ3) is 4.04. The molecule has 0 bridgehead atoms. The molecule has 21 heavy (non-hydrogen) atoms. The highest BCUT2D eigenvalue weighted by Crippen LogP contribution is 2.31. The first-order valence-corrected chi connectivity index (χ1v) is 6.93. The summed E-state index contributed by atoms with van der Waals surface area (Å²) in [5, 5.41) is 0. The minimum atomic E-state index is -4.41. The Hall–Kier alpha value is -1.40. The van der Waals surface area contributed by atoms with Crippen molar-refractivity contribution >= 4 is 15.9 Å². The number of rotatable bonds is 3. The van der Waals surface area contributed by atoms with Crippen molar-refractivity contribution in [2.24, 2.45) is 5.73 Å². The molecule has 0 aliphatic heterocycles. The maximum absolute atomic E-state index is 13.2. The molecule has 0 radical (unpaired) electrons. The highest BCUT2D eigenvalue weighted by atomic mass is 79.9. The average Bonchev–Trinajstić information content (AvgIpc) is 2.42. The highest BCUT2D eigenvalue weighted by molar-refractivity contribution is 9.10. The van der Waals surface area contributed by atoms with E-state index in [0.717, 1.165) is 12.1 Å². The number of alkyl halides is 3. The Kier molecular flexibility index (Phi) is 4.68. The lowest BCUT2D eigenvalue weighted by Crippen LogP contribution is -2.15. The predicted octanol–water partition coefficient (Wildman–Crippen LogP) is 4.85. The standard InChI is InChI=1S/C15H12BrF4N/c16-13-5-4-12(17)7-10(13)8-14(21)9-2-1-3-11(6-9)15(18,19)20/h1-7,14H,8,21H2. The van der Waals surface area contributed by atoms with Crippen molar-refractivity contribution in [3.63, 3.8) is 0 Å². The molecule has 2 aromatic rings. The van der Waals surface area contributed by atoms with Gasteiger partial charge in [-0.1, -0.05) is 28.1 Å². The molecule has 0 saturated carbocycles. The van der Waals surface area contributed by atoms with Gasteiger partial charge in [0, 0.05) is 10.5 Å². The van der Waals surface area contributed by atoms with Crippen LogP contribution in [0.5, 0.6) is 0 Å². The monoisotopic (exact) mass is 361 g/mol. The zero-order chi connectivity index (χ0) is 15.6. The van der Waals surface area contributed by atoms with Crippen LogP contribution in [0.4, 0.5) is 17.6 Å². The molecule has 2 rings (SSSR count). The fourth-order valence-electron chi connectivity index (χ4n) is 2.00. The van der Waals surface area contributed by atoms with Crippen LogP contribution in [-0.4, -0.2) is 0 Å². The van der Waals surface area contributed by atoms with Gasteiger partial charge in [-0.3, -0.25) is 0 Å². The quantitative estimate of drug-likeness (QED) is 0.777. The Morgan fingerprint density at radius 3 is 2.48 bits per heavy atom. The lowest BCUT2D eigenvalue weighted by Gasteiger charge is -2.15. The summed E-state index contributed by atoms with van der Waals surface area (Å²) < 4.78 is 51.9. The van der Waals surface area contributed by atoms with E-state index in [-0.39, 0.29) is 6.42 Å². The minimum absolute atomic E-state index is 0.236. The molecular weight excluding hydrogens is 350 g/mol. The average molecular weight is 362 g/mol. The molecule has 0 spiro atoms. The molecule has 1 nitrogen and oxygen atoms in total.